The van der Waals surface area contributed by atoms with Crippen molar-refractivity contribution in [2.75, 3.05) is 26.3 Å². The number of rotatable bonds is 2. The van der Waals surface area contributed by atoms with Crippen LogP contribution in [-0.2, 0) is 4.74 Å². The van der Waals surface area contributed by atoms with Gasteiger partial charge in [0.05, 0.1) is 12.6 Å². The quantitative estimate of drug-likeness (QED) is 0.741. The van der Waals surface area contributed by atoms with Crippen LogP contribution in [0, 0.1) is 5.92 Å². The van der Waals surface area contributed by atoms with E-state index in [4.69, 9.17) is 10.5 Å². The monoisotopic (exact) mass is 241 g/mol. The van der Waals surface area contributed by atoms with Gasteiger partial charge in [0.15, 0.2) is 0 Å². The lowest BCUT2D eigenvalue weighted by molar-refractivity contribution is 0.119. The number of hydrogen-bond donors (Lipinski definition) is 2. The normalized spacial score (nSPS) is 33.8. The molecule has 3 N–H and O–H groups in total. The molecule has 3 unspecified atom stereocenters. The van der Waals surface area contributed by atoms with Crippen molar-refractivity contribution >= 4 is 6.03 Å². The second-order valence-corrected chi connectivity index (χ2v) is 5.13. The van der Waals surface area contributed by atoms with Crippen molar-refractivity contribution in [1.29, 1.82) is 0 Å². The Balaban J connectivity index is 1.91. The third kappa shape index (κ3) is 2.90. The second kappa shape index (κ2) is 5.69. The van der Waals surface area contributed by atoms with Crippen LogP contribution in [0.15, 0.2) is 0 Å². The molecule has 0 radical (unpaired) electrons. The lowest BCUT2D eigenvalue weighted by atomic mass is 9.91. The lowest BCUT2D eigenvalue weighted by Gasteiger charge is -2.39. The molecule has 2 amide bonds. The summed E-state index contributed by atoms with van der Waals surface area (Å²) in [5.74, 6) is 0.499. The molecule has 0 aromatic carbocycles. The molecule has 2 saturated heterocycles. The van der Waals surface area contributed by atoms with E-state index in [0.717, 1.165) is 32.4 Å². The van der Waals surface area contributed by atoms with Gasteiger partial charge in [0.25, 0.3) is 0 Å². The zero-order valence-electron chi connectivity index (χ0n) is 10.5. The smallest absolute Gasteiger partial charge is 0.317 e. The van der Waals surface area contributed by atoms with Gasteiger partial charge in [-0.25, -0.2) is 4.79 Å². The minimum absolute atomic E-state index is 0.0301. The third-order valence-electron chi connectivity index (χ3n) is 3.88. The summed E-state index contributed by atoms with van der Waals surface area (Å²) in [5, 5.41) is 3.04. The highest BCUT2D eigenvalue weighted by Gasteiger charge is 2.32. The summed E-state index contributed by atoms with van der Waals surface area (Å²) in [6.07, 6.45) is 3.16. The minimum Gasteiger partial charge on any atom is -0.379 e. The minimum atomic E-state index is 0.0301. The fraction of sp³-hybridized carbons (Fsp3) is 0.917. The molecule has 2 heterocycles. The van der Waals surface area contributed by atoms with E-state index in [0.29, 0.717) is 19.1 Å². The number of nitrogens with one attached hydrogen (secondary N) is 1. The van der Waals surface area contributed by atoms with Crippen LogP contribution in [0.5, 0.6) is 0 Å². The molecular formula is C12H23N3O2. The first-order chi connectivity index (χ1) is 8.22. The number of carbonyl (C=O) groups excluding carboxylic acids is 1. The molecule has 0 aliphatic carbocycles. The molecule has 5 nitrogen and oxygen atoms in total. The number of hydrogen-bond acceptors (Lipinski definition) is 3. The second-order valence-electron chi connectivity index (χ2n) is 5.13. The summed E-state index contributed by atoms with van der Waals surface area (Å²) < 4.78 is 5.26. The molecule has 0 saturated carbocycles. The summed E-state index contributed by atoms with van der Waals surface area (Å²) >= 11 is 0. The number of carbonyl (C=O) groups is 1. The molecule has 17 heavy (non-hydrogen) atoms. The van der Waals surface area contributed by atoms with Crippen molar-refractivity contribution in [3.63, 3.8) is 0 Å². The Morgan fingerprint density at radius 3 is 3.00 bits per heavy atom. The zero-order chi connectivity index (χ0) is 12.3. The Morgan fingerprint density at radius 2 is 2.35 bits per heavy atom. The average molecular weight is 241 g/mol. The maximum Gasteiger partial charge on any atom is 0.317 e. The van der Waals surface area contributed by atoms with Gasteiger partial charge in [-0.15, -0.1) is 0 Å². The average Bonchev–Trinajstić information content (AvgIpc) is 2.81. The predicted octanol–water partition coefficient (Wildman–Crippen LogP) is 0.544. The van der Waals surface area contributed by atoms with Crippen LogP contribution in [0.4, 0.5) is 4.79 Å². The van der Waals surface area contributed by atoms with Crippen LogP contribution in [0.1, 0.15) is 26.2 Å². The van der Waals surface area contributed by atoms with E-state index in [9.17, 15) is 4.79 Å². The van der Waals surface area contributed by atoms with Crippen LogP contribution >= 0.6 is 0 Å². The molecule has 2 aliphatic rings. The van der Waals surface area contributed by atoms with Gasteiger partial charge in [-0.05, 0) is 25.2 Å². The van der Waals surface area contributed by atoms with E-state index >= 15 is 0 Å². The van der Waals surface area contributed by atoms with Crippen molar-refractivity contribution in [2.45, 2.75) is 38.3 Å². The van der Waals surface area contributed by atoms with E-state index in [2.05, 4.69) is 12.2 Å². The number of ether oxygens (including phenoxy) is 1. The van der Waals surface area contributed by atoms with Crippen LogP contribution in [0.2, 0.25) is 0 Å². The molecule has 3 atom stereocenters. The first-order valence-corrected chi connectivity index (χ1v) is 6.57. The molecule has 0 aromatic heterocycles. The van der Waals surface area contributed by atoms with E-state index in [1.807, 2.05) is 4.90 Å². The van der Waals surface area contributed by atoms with Gasteiger partial charge in [0, 0.05) is 25.7 Å². The van der Waals surface area contributed by atoms with Crippen molar-refractivity contribution in [1.82, 2.24) is 10.2 Å². The van der Waals surface area contributed by atoms with Gasteiger partial charge in [-0.1, -0.05) is 6.92 Å². The number of nitrogens with two attached hydrogens (primary N) is 1. The molecule has 0 spiro atoms. The SMILES string of the molecule is CC1CCCN(C(=O)NC2CCOC2)C1CN. The molecule has 5 heteroatoms. The lowest BCUT2D eigenvalue weighted by Crippen LogP contribution is -2.56. The molecule has 2 fully saturated rings. The fourth-order valence-corrected chi connectivity index (χ4v) is 2.77. The summed E-state index contributed by atoms with van der Waals surface area (Å²) in [7, 11) is 0. The van der Waals surface area contributed by atoms with Gasteiger partial charge in [-0.2, -0.15) is 0 Å². The molecular weight excluding hydrogens is 218 g/mol. The topological polar surface area (TPSA) is 67.6 Å². The van der Waals surface area contributed by atoms with E-state index in [-0.39, 0.29) is 18.1 Å². The highest BCUT2D eigenvalue weighted by molar-refractivity contribution is 5.75. The summed E-state index contributed by atoms with van der Waals surface area (Å²) in [6.45, 7) is 4.95. The first-order valence-electron chi connectivity index (χ1n) is 6.57. The van der Waals surface area contributed by atoms with Crippen molar-refractivity contribution in [3.8, 4) is 0 Å². The zero-order valence-corrected chi connectivity index (χ0v) is 10.5. The largest absolute Gasteiger partial charge is 0.379 e. The van der Waals surface area contributed by atoms with Gasteiger partial charge in [0.1, 0.15) is 0 Å². The van der Waals surface area contributed by atoms with Crippen LogP contribution in [0.25, 0.3) is 0 Å². The van der Waals surface area contributed by atoms with Crippen molar-refractivity contribution < 1.29 is 9.53 Å². The van der Waals surface area contributed by atoms with E-state index in [1.54, 1.807) is 0 Å². The molecule has 0 bridgehead atoms. The van der Waals surface area contributed by atoms with Crippen molar-refractivity contribution in [2.24, 2.45) is 11.7 Å². The van der Waals surface area contributed by atoms with Crippen LogP contribution in [-0.4, -0.2) is 49.3 Å². The molecule has 2 rings (SSSR count). The highest BCUT2D eigenvalue weighted by atomic mass is 16.5. The molecule has 2 aliphatic heterocycles. The number of likely N-dealkylation sites (tertiary alicyclic amines) is 1. The van der Waals surface area contributed by atoms with E-state index < -0.39 is 0 Å². The van der Waals surface area contributed by atoms with Gasteiger partial charge < -0.3 is 20.7 Å². The van der Waals surface area contributed by atoms with Gasteiger partial charge in [-0.3, -0.25) is 0 Å². The number of urea groups is 1. The highest BCUT2D eigenvalue weighted by Crippen LogP contribution is 2.22. The Morgan fingerprint density at radius 1 is 1.53 bits per heavy atom. The fourth-order valence-electron chi connectivity index (χ4n) is 2.77. The Bertz CT molecular complexity index is 266. The van der Waals surface area contributed by atoms with Crippen LogP contribution in [0.3, 0.4) is 0 Å². The van der Waals surface area contributed by atoms with Gasteiger partial charge >= 0.3 is 6.03 Å². The number of amides is 2. The Labute approximate surface area is 103 Å². The van der Waals surface area contributed by atoms with Crippen molar-refractivity contribution in [3.05, 3.63) is 0 Å². The summed E-state index contributed by atoms with van der Waals surface area (Å²) in [5.41, 5.74) is 5.78. The Kier molecular flexibility index (Phi) is 4.23. The molecule has 98 valence electrons. The number of nitrogens with zero attached hydrogens (tertiary/aromatic N) is 1. The summed E-state index contributed by atoms with van der Waals surface area (Å²) in [6, 6.07) is 0.395. The van der Waals surface area contributed by atoms with Crippen LogP contribution < -0.4 is 11.1 Å². The van der Waals surface area contributed by atoms with E-state index in [1.165, 1.54) is 0 Å². The maximum atomic E-state index is 12.2. The molecule has 0 aromatic rings. The third-order valence-corrected chi connectivity index (χ3v) is 3.88. The Hall–Kier alpha value is -0.810. The first kappa shape index (κ1) is 12.6. The maximum absolute atomic E-state index is 12.2. The standard InChI is InChI=1S/C12H23N3O2/c1-9-3-2-5-15(11(9)7-13)12(16)14-10-4-6-17-8-10/h9-11H,2-8,13H2,1H3,(H,14,16). The van der Waals surface area contributed by atoms with Gasteiger partial charge in [0.2, 0.25) is 0 Å². The predicted molar refractivity (Wildman–Crippen MR) is 65.7 cm³/mol. The summed E-state index contributed by atoms with van der Waals surface area (Å²) in [4.78, 5) is 14.1. The number of piperidine rings is 1.